The molecule has 1 aromatic heterocycles. The molecule has 2 N–H and O–H groups in total. The Labute approximate surface area is 141 Å². The predicted molar refractivity (Wildman–Crippen MR) is 93.5 cm³/mol. The Morgan fingerprint density at radius 1 is 1.50 bits per heavy atom. The largest absolute Gasteiger partial charge is 0.391 e. The molecule has 6 nitrogen and oxygen atoms in total. The van der Waals surface area contributed by atoms with E-state index in [9.17, 15) is 9.90 Å². The van der Waals surface area contributed by atoms with E-state index < -0.39 is 6.10 Å². The van der Waals surface area contributed by atoms with Crippen LogP contribution < -0.4 is 5.32 Å². The molecule has 0 saturated carbocycles. The molecule has 1 fully saturated rings. The van der Waals surface area contributed by atoms with Gasteiger partial charge in [0.1, 0.15) is 0 Å². The maximum Gasteiger partial charge on any atom is 0.254 e. The molecule has 1 atom stereocenters. The summed E-state index contributed by atoms with van der Waals surface area (Å²) in [5.74, 6) is -0.0307. The van der Waals surface area contributed by atoms with E-state index in [2.05, 4.69) is 17.0 Å². The van der Waals surface area contributed by atoms with Crippen molar-refractivity contribution >= 4 is 17.8 Å². The molecule has 1 aliphatic rings. The zero-order chi connectivity index (χ0) is 16.9. The Bertz CT molecular complexity index is 725. The van der Waals surface area contributed by atoms with Crippen molar-refractivity contribution < 1.29 is 9.90 Å². The maximum absolute atomic E-state index is 12.6. The third-order valence-electron chi connectivity index (χ3n) is 4.13. The number of likely N-dealkylation sites (tertiary alicyclic amines) is 1. The number of aliphatic hydroxyl groups is 1. The Morgan fingerprint density at radius 2 is 2.38 bits per heavy atom. The van der Waals surface area contributed by atoms with Crippen LogP contribution in [0, 0.1) is 0 Å². The third kappa shape index (κ3) is 3.83. The third-order valence-corrected chi connectivity index (χ3v) is 4.13. The quantitative estimate of drug-likeness (QED) is 0.884. The summed E-state index contributed by atoms with van der Waals surface area (Å²) in [5.41, 5.74) is 2.55. The zero-order valence-corrected chi connectivity index (χ0v) is 13.6. The molecule has 1 saturated heterocycles. The van der Waals surface area contributed by atoms with Crippen LogP contribution in [0.25, 0.3) is 6.20 Å². The van der Waals surface area contributed by atoms with E-state index in [1.807, 2.05) is 30.5 Å². The van der Waals surface area contributed by atoms with Gasteiger partial charge in [0.2, 0.25) is 0 Å². The van der Waals surface area contributed by atoms with Gasteiger partial charge < -0.3 is 15.3 Å². The van der Waals surface area contributed by atoms with Crippen LogP contribution in [0.5, 0.6) is 0 Å². The van der Waals surface area contributed by atoms with Gasteiger partial charge in [0.25, 0.3) is 5.91 Å². The first kappa shape index (κ1) is 16.3. The Morgan fingerprint density at radius 3 is 3.12 bits per heavy atom. The molecule has 0 aliphatic carbocycles. The van der Waals surface area contributed by atoms with Crippen molar-refractivity contribution in [1.29, 1.82) is 0 Å². The second-order valence-electron chi connectivity index (χ2n) is 5.99. The zero-order valence-electron chi connectivity index (χ0n) is 13.6. The molecule has 0 spiro atoms. The summed E-state index contributed by atoms with van der Waals surface area (Å²) < 4.78 is 1.65. The average Bonchev–Trinajstić information content (AvgIpc) is 3.08. The molecular weight excluding hydrogens is 304 g/mol. The minimum Gasteiger partial charge on any atom is -0.391 e. The van der Waals surface area contributed by atoms with Gasteiger partial charge in [-0.2, -0.15) is 5.10 Å². The highest BCUT2D eigenvalue weighted by atomic mass is 16.3. The fourth-order valence-corrected chi connectivity index (χ4v) is 2.86. The Hall–Kier alpha value is -2.60. The summed E-state index contributed by atoms with van der Waals surface area (Å²) in [6.07, 6.45) is 6.51. The Kier molecular flexibility index (Phi) is 4.96. The van der Waals surface area contributed by atoms with Crippen molar-refractivity contribution in [2.45, 2.75) is 25.5 Å². The number of hydrogen-bond donors (Lipinski definition) is 2. The van der Waals surface area contributed by atoms with Gasteiger partial charge in [-0.25, -0.2) is 4.68 Å². The molecule has 6 heteroatoms. The van der Waals surface area contributed by atoms with Gasteiger partial charge in [0.15, 0.2) is 0 Å². The van der Waals surface area contributed by atoms with Crippen molar-refractivity contribution in [3.8, 4) is 0 Å². The monoisotopic (exact) mass is 326 g/mol. The van der Waals surface area contributed by atoms with Crippen molar-refractivity contribution in [2.24, 2.45) is 0 Å². The van der Waals surface area contributed by atoms with Crippen LogP contribution in [-0.4, -0.2) is 44.9 Å². The van der Waals surface area contributed by atoms with Crippen LogP contribution in [0.15, 0.2) is 43.2 Å². The first-order chi connectivity index (χ1) is 11.7. The van der Waals surface area contributed by atoms with Crippen LogP contribution in [-0.2, 0) is 6.54 Å². The maximum atomic E-state index is 12.6. The lowest BCUT2D eigenvalue weighted by Gasteiger charge is -2.30. The highest BCUT2D eigenvalue weighted by molar-refractivity contribution is 5.95. The van der Waals surface area contributed by atoms with E-state index >= 15 is 0 Å². The number of benzene rings is 1. The molecule has 0 unspecified atom stereocenters. The molecule has 0 radical (unpaired) electrons. The first-order valence-corrected chi connectivity index (χ1v) is 8.12. The number of β-amino-alcohol motifs (C(OH)–C–C–N with tert-alkyl or cyclic N) is 1. The van der Waals surface area contributed by atoms with Crippen LogP contribution in [0.1, 0.15) is 28.8 Å². The van der Waals surface area contributed by atoms with E-state index in [-0.39, 0.29) is 5.91 Å². The molecule has 2 aromatic rings. The number of aliphatic hydroxyl groups excluding tert-OH is 1. The van der Waals surface area contributed by atoms with Gasteiger partial charge in [-0.15, -0.1) is 0 Å². The van der Waals surface area contributed by atoms with Crippen LogP contribution >= 0.6 is 0 Å². The fourth-order valence-electron chi connectivity index (χ4n) is 2.86. The molecule has 126 valence electrons. The van der Waals surface area contributed by atoms with E-state index in [1.54, 1.807) is 22.0 Å². The minimum atomic E-state index is -0.412. The van der Waals surface area contributed by atoms with Gasteiger partial charge in [0, 0.05) is 48.8 Å². The number of carbonyl (C=O) groups excluding carboxylic acids is 1. The summed E-state index contributed by atoms with van der Waals surface area (Å²) in [6.45, 7) is 5.40. The van der Waals surface area contributed by atoms with Crippen molar-refractivity contribution in [3.05, 3.63) is 54.4 Å². The molecule has 3 rings (SSSR count). The lowest BCUT2D eigenvalue weighted by Crippen LogP contribution is -2.42. The highest BCUT2D eigenvalue weighted by Gasteiger charge is 2.23. The first-order valence-electron chi connectivity index (χ1n) is 8.12. The molecule has 24 heavy (non-hydrogen) atoms. The lowest BCUT2D eigenvalue weighted by atomic mass is 10.1. The topological polar surface area (TPSA) is 70.4 Å². The van der Waals surface area contributed by atoms with E-state index in [0.717, 1.165) is 24.1 Å². The lowest BCUT2D eigenvalue weighted by molar-refractivity contribution is 0.0474. The van der Waals surface area contributed by atoms with Crippen molar-refractivity contribution in [1.82, 2.24) is 14.7 Å². The summed E-state index contributed by atoms with van der Waals surface area (Å²) in [6, 6.07) is 7.45. The minimum absolute atomic E-state index is 0.0307. The SMILES string of the molecule is C=Cn1cc(CNc2cccc(C(=O)N3CCC[C@H](O)C3)c2)cn1. The second kappa shape index (κ2) is 7.31. The second-order valence-corrected chi connectivity index (χ2v) is 5.99. The molecule has 1 amide bonds. The van der Waals surface area contributed by atoms with E-state index in [0.29, 0.717) is 25.2 Å². The van der Waals surface area contributed by atoms with Crippen LogP contribution in [0.3, 0.4) is 0 Å². The number of anilines is 1. The Balaban J connectivity index is 1.64. The van der Waals surface area contributed by atoms with Crippen LogP contribution in [0.4, 0.5) is 5.69 Å². The van der Waals surface area contributed by atoms with Crippen LogP contribution in [0.2, 0.25) is 0 Å². The number of nitrogens with one attached hydrogen (secondary N) is 1. The van der Waals surface area contributed by atoms with Gasteiger partial charge in [0.05, 0.1) is 12.3 Å². The smallest absolute Gasteiger partial charge is 0.254 e. The highest BCUT2D eigenvalue weighted by Crippen LogP contribution is 2.17. The average molecular weight is 326 g/mol. The fraction of sp³-hybridized carbons (Fsp3) is 0.333. The summed E-state index contributed by atoms with van der Waals surface area (Å²) in [7, 11) is 0. The van der Waals surface area contributed by atoms with E-state index in [1.165, 1.54) is 0 Å². The summed E-state index contributed by atoms with van der Waals surface area (Å²) >= 11 is 0. The number of aromatic nitrogens is 2. The standard InChI is InChI=1S/C18H22N4O2/c1-2-22-12-14(11-20-22)10-19-16-6-3-5-15(9-16)18(24)21-8-4-7-17(23)13-21/h2-3,5-6,9,11-12,17,19,23H,1,4,7-8,10,13H2/t17-/m0/s1. The summed E-state index contributed by atoms with van der Waals surface area (Å²) in [4.78, 5) is 14.3. The predicted octanol–water partition coefficient (Wildman–Crippen LogP) is 2.19. The normalized spacial score (nSPS) is 17.5. The number of hydrogen-bond acceptors (Lipinski definition) is 4. The van der Waals surface area contributed by atoms with E-state index in [4.69, 9.17) is 0 Å². The number of nitrogens with zero attached hydrogens (tertiary/aromatic N) is 3. The van der Waals surface area contributed by atoms with Gasteiger partial charge >= 0.3 is 0 Å². The van der Waals surface area contributed by atoms with Gasteiger partial charge in [-0.1, -0.05) is 12.6 Å². The van der Waals surface area contributed by atoms with Crippen molar-refractivity contribution in [2.75, 3.05) is 18.4 Å². The number of carbonyl (C=O) groups is 1. The molecule has 1 aromatic carbocycles. The van der Waals surface area contributed by atoms with Crippen molar-refractivity contribution in [3.63, 3.8) is 0 Å². The molecular formula is C18H22N4O2. The van der Waals surface area contributed by atoms with Gasteiger partial charge in [-0.05, 0) is 31.0 Å². The molecule has 2 heterocycles. The number of amides is 1. The van der Waals surface area contributed by atoms with Gasteiger partial charge in [-0.3, -0.25) is 4.79 Å². The molecule has 0 bridgehead atoms. The summed E-state index contributed by atoms with van der Waals surface area (Å²) in [5, 5.41) is 17.2. The molecule has 1 aliphatic heterocycles. The number of piperidine rings is 1. The number of rotatable bonds is 5.